The van der Waals surface area contributed by atoms with Gasteiger partial charge in [0, 0.05) is 36.0 Å². The monoisotopic (exact) mass is 459 g/mol. The van der Waals surface area contributed by atoms with Crippen LogP contribution in [0.3, 0.4) is 0 Å². The van der Waals surface area contributed by atoms with Crippen LogP contribution in [0.25, 0.3) is 17.0 Å². The zero-order chi connectivity index (χ0) is 22.6. The number of thioether (sulfide) groups is 1. The van der Waals surface area contributed by atoms with E-state index in [0.29, 0.717) is 22.8 Å². The Morgan fingerprint density at radius 2 is 2.09 bits per heavy atom. The number of para-hydroxylation sites is 1. The third kappa shape index (κ3) is 4.75. The number of nitrogens with one attached hydrogen (secondary N) is 2. The number of piperidine rings is 1. The molecule has 168 valence electrons. The molecule has 3 aromatic rings. The highest BCUT2D eigenvalue weighted by molar-refractivity contribution is 8.04. The second-order valence-corrected chi connectivity index (χ2v) is 9.38. The number of benzene rings is 2. The Bertz CT molecular complexity index is 1240. The number of aromatic amines is 1. The van der Waals surface area contributed by atoms with E-state index in [1.54, 1.807) is 6.07 Å². The molecule has 2 aromatic carbocycles. The lowest BCUT2D eigenvalue weighted by molar-refractivity contribution is -0.117. The summed E-state index contributed by atoms with van der Waals surface area (Å²) in [6.07, 6.45) is 4.65. The molecular weight excluding hydrogens is 434 g/mol. The Morgan fingerprint density at radius 1 is 1.24 bits per heavy atom. The molecule has 2 aliphatic heterocycles. The summed E-state index contributed by atoms with van der Waals surface area (Å²) in [4.78, 5) is 17.1. The van der Waals surface area contributed by atoms with Gasteiger partial charge in [0.25, 0.3) is 5.91 Å². The van der Waals surface area contributed by atoms with E-state index in [9.17, 15) is 4.79 Å². The topological polar surface area (TPSA) is 94.0 Å². The van der Waals surface area contributed by atoms with Gasteiger partial charge in [-0.15, -0.1) is 0 Å². The molecule has 1 aromatic heterocycles. The van der Waals surface area contributed by atoms with Crippen molar-refractivity contribution >= 4 is 34.6 Å². The van der Waals surface area contributed by atoms with E-state index < -0.39 is 0 Å². The number of likely N-dealkylation sites (tertiary alicyclic amines) is 1. The van der Waals surface area contributed by atoms with E-state index >= 15 is 0 Å². The normalized spacial score (nSPS) is 16.3. The highest BCUT2D eigenvalue weighted by Gasteiger charge is 2.25. The summed E-state index contributed by atoms with van der Waals surface area (Å²) in [6, 6.07) is 15.7. The van der Waals surface area contributed by atoms with Gasteiger partial charge < -0.3 is 15.0 Å². The predicted octanol–water partition coefficient (Wildman–Crippen LogP) is 3.93. The largest absolute Gasteiger partial charge is 0.492 e. The van der Waals surface area contributed by atoms with Crippen molar-refractivity contribution in [1.82, 2.24) is 20.4 Å². The summed E-state index contributed by atoms with van der Waals surface area (Å²) < 4.78 is 5.78. The lowest BCUT2D eigenvalue weighted by Gasteiger charge is -2.32. The van der Waals surface area contributed by atoms with Crippen LogP contribution < -0.4 is 10.1 Å². The van der Waals surface area contributed by atoms with Crippen LogP contribution in [0.1, 0.15) is 30.5 Å². The van der Waals surface area contributed by atoms with Gasteiger partial charge in [-0.3, -0.25) is 9.89 Å². The Morgan fingerprint density at radius 3 is 2.94 bits per heavy atom. The van der Waals surface area contributed by atoms with Crippen LogP contribution in [0.4, 0.5) is 0 Å². The molecule has 0 unspecified atom stereocenters. The molecule has 8 heteroatoms. The average molecular weight is 460 g/mol. The number of ether oxygens (including phenoxy) is 1. The van der Waals surface area contributed by atoms with Gasteiger partial charge in [0.15, 0.2) is 0 Å². The molecule has 0 aliphatic carbocycles. The van der Waals surface area contributed by atoms with Crippen molar-refractivity contribution in [2.24, 2.45) is 0 Å². The molecule has 3 heterocycles. The summed E-state index contributed by atoms with van der Waals surface area (Å²) in [5, 5.41) is 20.8. The van der Waals surface area contributed by atoms with E-state index in [-0.39, 0.29) is 11.9 Å². The standard InChI is InChI=1S/C25H25N5O2S/c26-16-17-5-1-2-7-21(17)32-14-4-11-30-12-9-18(10-13-30)27-25(31)23-15-20-24-19(28-29-20)6-3-8-22(24)33-23/h1-3,5-8,15,18H,4,9-14H2,(H,27,31)(H,28,29). The average Bonchev–Trinajstić information content (AvgIpc) is 3.27. The molecule has 2 aliphatic rings. The van der Waals surface area contributed by atoms with Crippen molar-refractivity contribution in [2.45, 2.75) is 30.2 Å². The number of carbonyl (C=O) groups is 1. The molecule has 0 spiro atoms. The number of carbonyl (C=O) groups excluding carboxylic acids is 1. The van der Waals surface area contributed by atoms with Crippen molar-refractivity contribution in [2.75, 3.05) is 26.2 Å². The second-order valence-electron chi connectivity index (χ2n) is 8.30. The molecular formula is C25H25N5O2S. The number of hydrogen-bond acceptors (Lipinski definition) is 6. The first-order chi connectivity index (χ1) is 16.2. The number of hydrogen-bond donors (Lipinski definition) is 2. The van der Waals surface area contributed by atoms with Gasteiger partial charge in [0.1, 0.15) is 11.8 Å². The molecule has 5 rings (SSSR count). The predicted molar refractivity (Wildman–Crippen MR) is 129 cm³/mol. The fourth-order valence-corrected chi connectivity index (χ4v) is 5.37. The van der Waals surface area contributed by atoms with Crippen LogP contribution >= 0.6 is 11.8 Å². The molecule has 33 heavy (non-hydrogen) atoms. The fourth-order valence-electron chi connectivity index (χ4n) is 4.35. The maximum absolute atomic E-state index is 12.9. The minimum absolute atomic E-state index is 0.0198. The number of amides is 1. The van der Waals surface area contributed by atoms with E-state index in [1.165, 1.54) is 11.8 Å². The van der Waals surface area contributed by atoms with E-state index in [4.69, 9.17) is 10.00 Å². The number of H-pyrrole nitrogens is 1. The van der Waals surface area contributed by atoms with Crippen LogP contribution in [0, 0.1) is 11.3 Å². The van der Waals surface area contributed by atoms with Gasteiger partial charge in [-0.05, 0) is 49.6 Å². The Balaban J connectivity index is 1.06. The molecule has 1 amide bonds. The van der Waals surface area contributed by atoms with Crippen LogP contribution in [-0.2, 0) is 4.79 Å². The maximum Gasteiger partial charge on any atom is 0.258 e. The van der Waals surface area contributed by atoms with Gasteiger partial charge >= 0.3 is 0 Å². The molecule has 0 atom stereocenters. The third-order valence-electron chi connectivity index (χ3n) is 6.10. The molecule has 1 saturated heterocycles. The molecule has 1 fully saturated rings. The Labute approximate surface area is 196 Å². The lowest BCUT2D eigenvalue weighted by atomic mass is 10.0. The smallest absolute Gasteiger partial charge is 0.258 e. The van der Waals surface area contributed by atoms with E-state index in [2.05, 4.69) is 26.5 Å². The van der Waals surface area contributed by atoms with Crippen LogP contribution in [-0.4, -0.2) is 53.3 Å². The Kier molecular flexibility index (Phi) is 6.33. The van der Waals surface area contributed by atoms with Crippen LogP contribution in [0.15, 0.2) is 52.3 Å². The highest BCUT2D eigenvalue weighted by Crippen LogP contribution is 2.39. The first-order valence-corrected chi connectivity index (χ1v) is 12.0. The zero-order valence-corrected chi connectivity index (χ0v) is 19.0. The third-order valence-corrected chi connectivity index (χ3v) is 7.18. The summed E-state index contributed by atoms with van der Waals surface area (Å²) >= 11 is 1.51. The second kappa shape index (κ2) is 9.69. The van der Waals surface area contributed by atoms with Gasteiger partial charge in [-0.1, -0.05) is 30.0 Å². The zero-order valence-electron chi connectivity index (χ0n) is 18.2. The maximum atomic E-state index is 12.9. The van der Waals surface area contributed by atoms with Crippen molar-refractivity contribution in [3.8, 4) is 11.8 Å². The van der Waals surface area contributed by atoms with Gasteiger partial charge in [0.2, 0.25) is 0 Å². The van der Waals surface area contributed by atoms with E-state index in [0.717, 1.165) is 60.4 Å². The summed E-state index contributed by atoms with van der Waals surface area (Å²) in [6.45, 7) is 3.44. The number of rotatable bonds is 7. The Hall–Kier alpha value is -3.28. The van der Waals surface area contributed by atoms with Gasteiger partial charge in [0.05, 0.1) is 28.3 Å². The quantitative estimate of drug-likeness (QED) is 0.520. The van der Waals surface area contributed by atoms with Gasteiger partial charge in [-0.25, -0.2) is 0 Å². The highest BCUT2D eigenvalue weighted by atomic mass is 32.2. The molecule has 7 nitrogen and oxygen atoms in total. The first-order valence-electron chi connectivity index (χ1n) is 11.2. The molecule has 0 bridgehead atoms. The molecule has 2 N–H and O–H groups in total. The number of nitrogens with zero attached hydrogens (tertiary/aromatic N) is 3. The number of aromatic nitrogens is 2. The van der Waals surface area contributed by atoms with Gasteiger partial charge in [-0.2, -0.15) is 10.4 Å². The summed E-state index contributed by atoms with van der Waals surface area (Å²) in [7, 11) is 0. The minimum Gasteiger partial charge on any atom is -0.492 e. The van der Waals surface area contributed by atoms with Crippen molar-refractivity contribution in [3.63, 3.8) is 0 Å². The summed E-state index contributed by atoms with van der Waals surface area (Å²) in [5.74, 6) is 0.628. The fraction of sp³-hybridized carbons (Fsp3) is 0.320. The number of nitriles is 1. The van der Waals surface area contributed by atoms with Crippen molar-refractivity contribution in [3.05, 3.63) is 58.6 Å². The first kappa shape index (κ1) is 21.6. The molecule has 0 saturated carbocycles. The van der Waals surface area contributed by atoms with Crippen molar-refractivity contribution < 1.29 is 9.53 Å². The van der Waals surface area contributed by atoms with Crippen LogP contribution in [0.2, 0.25) is 0 Å². The van der Waals surface area contributed by atoms with Crippen LogP contribution in [0.5, 0.6) is 5.75 Å². The molecule has 0 radical (unpaired) electrons. The minimum atomic E-state index is -0.0198. The SMILES string of the molecule is N#Cc1ccccc1OCCCN1CCC(NC(=O)C2=Cc3n[nH]c4cccc(c34)S2)CC1. The van der Waals surface area contributed by atoms with Crippen molar-refractivity contribution in [1.29, 1.82) is 5.26 Å². The summed E-state index contributed by atoms with van der Waals surface area (Å²) in [5.41, 5.74) is 2.40. The lowest BCUT2D eigenvalue weighted by Crippen LogP contribution is -2.45. The van der Waals surface area contributed by atoms with E-state index in [1.807, 2.05) is 42.5 Å².